The molecule has 0 fully saturated rings. The number of nitrogens with zero attached hydrogens (tertiary/aromatic N) is 1. The molecule has 0 bridgehead atoms. The van der Waals surface area contributed by atoms with E-state index in [2.05, 4.69) is 5.18 Å². The van der Waals surface area contributed by atoms with Gasteiger partial charge >= 0.3 is 0 Å². The fraction of sp³-hybridized carbons (Fsp3) is 0.714. The van der Waals surface area contributed by atoms with E-state index in [0.29, 0.717) is 5.92 Å². The Morgan fingerprint density at radius 1 is 1.50 bits per heavy atom. The van der Waals surface area contributed by atoms with Gasteiger partial charge in [-0.1, -0.05) is 13.8 Å². The van der Waals surface area contributed by atoms with Gasteiger partial charge in [-0.15, -0.1) is 4.91 Å². The maximum Gasteiger partial charge on any atom is 0.0724 e. The van der Waals surface area contributed by atoms with Gasteiger partial charge in [0.05, 0.1) is 6.20 Å². The number of nitrogens with two attached hydrogens (primary N) is 1. The summed E-state index contributed by atoms with van der Waals surface area (Å²) in [6, 6.07) is -0.0716. The van der Waals surface area contributed by atoms with Crippen molar-refractivity contribution in [3.63, 3.8) is 0 Å². The largest absolute Gasteiger partial charge is 0.324 e. The van der Waals surface area contributed by atoms with Crippen LogP contribution in [0.3, 0.4) is 0 Å². The van der Waals surface area contributed by atoms with E-state index in [4.69, 9.17) is 5.73 Å². The smallest absolute Gasteiger partial charge is 0.0724 e. The molecule has 0 saturated heterocycles. The lowest BCUT2D eigenvalue weighted by molar-refractivity contribution is 0.671. The van der Waals surface area contributed by atoms with E-state index in [1.165, 1.54) is 6.20 Å². The molecule has 3 nitrogen and oxygen atoms in total. The molecule has 0 amide bonds. The lowest BCUT2D eigenvalue weighted by Crippen LogP contribution is -2.21. The summed E-state index contributed by atoms with van der Waals surface area (Å²) in [4.78, 5) is 9.84. The first kappa shape index (κ1) is 9.30. The molecule has 0 aliphatic carbocycles. The third kappa shape index (κ3) is 2.73. The Bertz CT molecular complexity index is 129. The van der Waals surface area contributed by atoms with E-state index in [9.17, 15) is 4.91 Å². The zero-order valence-electron chi connectivity index (χ0n) is 6.66. The predicted octanol–water partition coefficient (Wildman–Crippen LogP) is 1.64. The molecule has 2 N–H and O–H groups in total. The third-order valence-corrected chi connectivity index (χ3v) is 1.39. The summed E-state index contributed by atoms with van der Waals surface area (Å²) in [5, 5.41) is 2.69. The summed E-state index contributed by atoms with van der Waals surface area (Å²) in [6.45, 7) is 5.82. The second kappa shape index (κ2) is 4.17. The normalized spacial score (nSPS) is 15.5. The average Bonchev–Trinajstić information content (AvgIpc) is 1.81. The van der Waals surface area contributed by atoms with Gasteiger partial charge < -0.3 is 5.73 Å². The van der Waals surface area contributed by atoms with Gasteiger partial charge in [-0.05, 0) is 23.6 Å². The molecular weight excluding hydrogens is 128 g/mol. The van der Waals surface area contributed by atoms with Crippen molar-refractivity contribution < 1.29 is 0 Å². The maximum absolute atomic E-state index is 9.84. The Labute approximate surface area is 61.3 Å². The molecular formula is C7H14N2O. The highest BCUT2D eigenvalue weighted by atomic mass is 16.2. The molecule has 0 saturated carbocycles. The molecule has 0 radical (unpaired) electrons. The Morgan fingerprint density at radius 2 is 2.00 bits per heavy atom. The second-order valence-corrected chi connectivity index (χ2v) is 2.68. The van der Waals surface area contributed by atoms with Gasteiger partial charge in [0.15, 0.2) is 0 Å². The van der Waals surface area contributed by atoms with E-state index in [-0.39, 0.29) is 6.04 Å². The van der Waals surface area contributed by atoms with Crippen molar-refractivity contribution in [1.29, 1.82) is 0 Å². The van der Waals surface area contributed by atoms with Crippen LogP contribution in [0.15, 0.2) is 16.9 Å². The molecule has 0 aromatic carbocycles. The molecule has 0 spiro atoms. The van der Waals surface area contributed by atoms with Gasteiger partial charge in [0.25, 0.3) is 0 Å². The molecule has 1 unspecified atom stereocenters. The minimum Gasteiger partial charge on any atom is -0.324 e. The maximum atomic E-state index is 9.84. The molecule has 58 valence electrons. The van der Waals surface area contributed by atoms with Crippen LogP contribution in [0.25, 0.3) is 0 Å². The van der Waals surface area contributed by atoms with E-state index in [1.807, 2.05) is 20.8 Å². The van der Waals surface area contributed by atoms with Crippen LogP contribution >= 0.6 is 0 Å². The molecule has 1 atom stereocenters. The minimum atomic E-state index is -0.0716. The number of hydrogen-bond donors (Lipinski definition) is 1. The van der Waals surface area contributed by atoms with Crippen LogP contribution in [-0.4, -0.2) is 6.04 Å². The van der Waals surface area contributed by atoms with Gasteiger partial charge in [-0.25, -0.2) is 0 Å². The molecule has 0 aliphatic rings. The van der Waals surface area contributed by atoms with Gasteiger partial charge in [0.2, 0.25) is 0 Å². The van der Waals surface area contributed by atoms with Crippen molar-refractivity contribution in [3.05, 3.63) is 16.7 Å². The number of nitroso groups, excluding NO2 is 1. The van der Waals surface area contributed by atoms with E-state index in [1.54, 1.807) is 0 Å². The van der Waals surface area contributed by atoms with Crippen LogP contribution in [0.1, 0.15) is 20.8 Å². The first-order valence-electron chi connectivity index (χ1n) is 3.37. The van der Waals surface area contributed by atoms with Crippen molar-refractivity contribution >= 4 is 0 Å². The molecule has 10 heavy (non-hydrogen) atoms. The molecule has 0 aliphatic heterocycles. The topological polar surface area (TPSA) is 55.5 Å². The molecule has 3 heteroatoms. The van der Waals surface area contributed by atoms with E-state index >= 15 is 0 Å². The zero-order chi connectivity index (χ0) is 8.15. The molecule has 0 heterocycles. The Morgan fingerprint density at radius 3 is 2.10 bits per heavy atom. The summed E-state index contributed by atoms with van der Waals surface area (Å²) in [6.07, 6.45) is 1.30. The van der Waals surface area contributed by atoms with E-state index < -0.39 is 0 Å². The molecule has 0 rings (SSSR count). The fourth-order valence-electron chi connectivity index (χ4n) is 0.853. The SMILES string of the molecule is CC(C)/C(=C/N=O)C(C)N. The highest BCUT2D eigenvalue weighted by Crippen LogP contribution is 2.11. The van der Waals surface area contributed by atoms with Crippen LogP contribution in [0.2, 0.25) is 0 Å². The van der Waals surface area contributed by atoms with Crippen molar-refractivity contribution in [1.82, 2.24) is 0 Å². The van der Waals surface area contributed by atoms with Crippen molar-refractivity contribution in [2.75, 3.05) is 0 Å². The number of rotatable bonds is 3. The standard InChI is InChI=1S/C7H14N2O/c1-5(2)7(4-9-10)6(3)8/h4-6H,8H2,1-3H3/b7-4-. The quantitative estimate of drug-likeness (QED) is 0.609. The summed E-state index contributed by atoms with van der Waals surface area (Å²) in [5.41, 5.74) is 6.45. The first-order valence-corrected chi connectivity index (χ1v) is 3.37. The third-order valence-electron chi connectivity index (χ3n) is 1.39. The lowest BCUT2D eigenvalue weighted by atomic mass is 9.99. The Kier molecular flexibility index (Phi) is 3.88. The highest BCUT2D eigenvalue weighted by Gasteiger charge is 2.07. The average molecular weight is 142 g/mol. The summed E-state index contributed by atoms with van der Waals surface area (Å²) in [7, 11) is 0. The van der Waals surface area contributed by atoms with Crippen LogP contribution in [0.5, 0.6) is 0 Å². The van der Waals surface area contributed by atoms with Crippen molar-refractivity contribution in [2.24, 2.45) is 16.8 Å². The zero-order valence-corrected chi connectivity index (χ0v) is 6.66. The summed E-state index contributed by atoms with van der Waals surface area (Å²) in [5.74, 6) is 0.303. The lowest BCUT2D eigenvalue weighted by Gasteiger charge is -2.12. The predicted molar refractivity (Wildman–Crippen MR) is 42.4 cm³/mol. The van der Waals surface area contributed by atoms with Gasteiger partial charge in [-0.2, -0.15) is 0 Å². The monoisotopic (exact) mass is 142 g/mol. The molecule has 0 aromatic heterocycles. The van der Waals surface area contributed by atoms with Gasteiger partial charge in [0, 0.05) is 6.04 Å². The Balaban J connectivity index is 4.26. The Hall–Kier alpha value is -0.700. The summed E-state index contributed by atoms with van der Waals surface area (Å²) < 4.78 is 0. The van der Waals surface area contributed by atoms with Crippen molar-refractivity contribution in [2.45, 2.75) is 26.8 Å². The van der Waals surface area contributed by atoms with Crippen LogP contribution < -0.4 is 5.73 Å². The first-order chi connectivity index (χ1) is 4.59. The van der Waals surface area contributed by atoms with E-state index in [0.717, 1.165) is 5.57 Å². The van der Waals surface area contributed by atoms with Crippen LogP contribution in [-0.2, 0) is 0 Å². The minimum absolute atomic E-state index is 0.0716. The van der Waals surface area contributed by atoms with Crippen LogP contribution in [0.4, 0.5) is 0 Å². The molecule has 0 aromatic rings. The van der Waals surface area contributed by atoms with Gasteiger partial charge in [0.1, 0.15) is 0 Å². The van der Waals surface area contributed by atoms with Gasteiger partial charge in [-0.3, -0.25) is 0 Å². The fourth-order valence-corrected chi connectivity index (χ4v) is 0.853. The number of hydrogen-bond acceptors (Lipinski definition) is 3. The van der Waals surface area contributed by atoms with Crippen molar-refractivity contribution in [3.8, 4) is 0 Å². The van der Waals surface area contributed by atoms with Crippen LogP contribution in [0, 0.1) is 10.8 Å². The summed E-state index contributed by atoms with van der Waals surface area (Å²) >= 11 is 0. The highest BCUT2D eigenvalue weighted by molar-refractivity contribution is 5.10. The second-order valence-electron chi connectivity index (χ2n) is 2.68.